The van der Waals surface area contributed by atoms with Crippen molar-refractivity contribution < 1.29 is 14.6 Å². The van der Waals surface area contributed by atoms with Crippen LogP contribution in [0.2, 0.25) is 0 Å². The number of benzene rings is 1. The smallest absolute Gasteiger partial charge is 0.333 e. The number of ether oxygens (including phenoxy) is 1. The molecular formula is C12H12O3. The molecule has 0 radical (unpaired) electrons. The Balaban J connectivity index is 2.13. The van der Waals surface area contributed by atoms with Gasteiger partial charge in [-0.25, -0.2) is 4.79 Å². The fraction of sp³-hybridized carbons (Fsp3) is 0.250. The maximum Gasteiger partial charge on any atom is 0.333 e. The van der Waals surface area contributed by atoms with E-state index in [9.17, 15) is 9.90 Å². The fourth-order valence-electron chi connectivity index (χ4n) is 1.63. The summed E-state index contributed by atoms with van der Waals surface area (Å²) in [4.78, 5) is 11.1. The molecule has 3 heteroatoms. The number of cyclic esters (lactones) is 1. The first-order valence-electron chi connectivity index (χ1n) is 4.80. The Morgan fingerprint density at radius 1 is 1.40 bits per heavy atom. The molecule has 1 aromatic rings. The van der Waals surface area contributed by atoms with Gasteiger partial charge in [0.2, 0.25) is 0 Å². The molecule has 2 rings (SSSR count). The molecule has 0 spiro atoms. The molecule has 0 aliphatic carbocycles. The highest BCUT2D eigenvalue weighted by Crippen LogP contribution is 2.29. The van der Waals surface area contributed by atoms with Crippen LogP contribution in [-0.2, 0) is 9.53 Å². The van der Waals surface area contributed by atoms with Crippen molar-refractivity contribution in [3.8, 4) is 0 Å². The molecular weight excluding hydrogens is 192 g/mol. The van der Waals surface area contributed by atoms with Crippen molar-refractivity contribution in [3.63, 3.8) is 0 Å². The van der Waals surface area contributed by atoms with Gasteiger partial charge in [0.15, 0.2) is 0 Å². The second kappa shape index (κ2) is 3.87. The lowest BCUT2D eigenvalue weighted by Gasteiger charge is -2.16. The van der Waals surface area contributed by atoms with Crippen molar-refractivity contribution in [2.24, 2.45) is 0 Å². The molecule has 0 saturated carbocycles. The van der Waals surface area contributed by atoms with Crippen LogP contribution in [0.1, 0.15) is 18.1 Å². The zero-order valence-electron chi connectivity index (χ0n) is 8.22. The molecule has 0 unspecified atom stereocenters. The first-order chi connectivity index (χ1) is 7.18. The average molecular weight is 204 g/mol. The second-order valence-electron chi connectivity index (χ2n) is 3.61. The first-order valence-corrected chi connectivity index (χ1v) is 4.80. The Morgan fingerprint density at radius 3 is 2.60 bits per heavy atom. The van der Waals surface area contributed by atoms with E-state index in [1.165, 1.54) is 0 Å². The van der Waals surface area contributed by atoms with Gasteiger partial charge in [0.1, 0.15) is 12.2 Å². The molecule has 78 valence electrons. The molecule has 1 saturated heterocycles. The second-order valence-corrected chi connectivity index (χ2v) is 3.61. The third-order valence-electron chi connectivity index (χ3n) is 2.49. The van der Waals surface area contributed by atoms with Gasteiger partial charge < -0.3 is 9.84 Å². The molecule has 1 aliphatic rings. The number of aliphatic hydroxyl groups is 1. The van der Waals surface area contributed by atoms with Gasteiger partial charge in [0.25, 0.3) is 0 Å². The molecule has 1 aromatic carbocycles. The Bertz CT molecular complexity index is 367. The maximum atomic E-state index is 11.1. The van der Waals surface area contributed by atoms with Gasteiger partial charge >= 0.3 is 5.97 Å². The van der Waals surface area contributed by atoms with E-state index in [0.717, 1.165) is 5.56 Å². The zero-order valence-corrected chi connectivity index (χ0v) is 8.22. The summed E-state index contributed by atoms with van der Waals surface area (Å²) >= 11 is 0. The molecule has 1 fully saturated rings. The van der Waals surface area contributed by atoms with Gasteiger partial charge in [-0.15, -0.1) is 0 Å². The van der Waals surface area contributed by atoms with Crippen LogP contribution in [0.3, 0.4) is 0 Å². The van der Waals surface area contributed by atoms with Crippen molar-refractivity contribution in [1.82, 2.24) is 0 Å². The third kappa shape index (κ3) is 1.92. The van der Waals surface area contributed by atoms with Crippen molar-refractivity contribution in [1.29, 1.82) is 0 Å². The summed E-state index contributed by atoms with van der Waals surface area (Å²) in [5, 5.41) is 9.94. The lowest BCUT2D eigenvalue weighted by Crippen LogP contribution is -2.17. The van der Waals surface area contributed by atoms with E-state index in [4.69, 9.17) is 4.74 Å². The number of rotatable bonds is 2. The van der Waals surface area contributed by atoms with E-state index in [2.05, 4.69) is 6.58 Å². The van der Waals surface area contributed by atoms with Crippen molar-refractivity contribution in [2.75, 3.05) is 0 Å². The topological polar surface area (TPSA) is 46.5 Å². The van der Waals surface area contributed by atoms with E-state index < -0.39 is 18.2 Å². The lowest BCUT2D eigenvalue weighted by atomic mass is 10.0. The normalized spacial score (nSPS) is 22.6. The Labute approximate surface area is 88.0 Å². The lowest BCUT2D eigenvalue weighted by molar-refractivity contribution is -0.143. The number of carbonyl (C=O) groups excluding carboxylic acids is 1. The quantitative estimate of drug-likeness (QED) is 0.587. The molecule has 15 heavy (non-hydrogen) atoms. The summed E-state index contributed by atoms with van der Waals surface area (Å²) in [5.41, 5.74) is 1.18. The van der Waals surface area contributed by atoms with Crippen LogP contribution < -0.4 is 0 Å². The van der Waals surface area contributed by atoms with Gasteiger partial charge in [0, 0.05) is 12.0 Å². The predicted octanol–water partition coefficient (Wildman–Crippen LogP) is 1.59. The van der Waals surface area contributed by atoms with E-state index >= 15 is 0 Å². The van der Waals surface area contributed by atoms with E-state index in [0.29, 0.717) is 12.0 Å². The third-order valence-corrected chi connectivity index (χ3v) is 2.49. The standard InChI is InChI=1S/C12H12O3/c1-8-7-10(15-12(8)14)11(13)9-5-3-2-4-6-9/h2-6,10-11,13H,1,7H2/t10-,11-/m0/s1. The number of hydrogen-bond donors (Lipinski definition) is 1. The number of hydrogen-bond acceptors (Lipinski definition) is 3. The van der Waals surface area contributed by atoms with Crippen molar-refractivity contribution >= 4 is 5.97 Å². The summed E-state index contributed by atoms with van der Waals surface area (Å²) in [6.45, 7) is 3.58. The molecule has 0 amide bonds. The highest BCUT2D eigenvalue weighted by atomic mass is 16.6. The van der Waals surface area contributed by atoms with Gasteiger partial charge in [-0.1, -0.05) is 36.9 Å². The van der Waals surface area contributed by atoms with Crippen LogP contribution in [0.5, 0.6) is 0 Å². The summed E-state index contributed by atoms with van der Waals surface area (Å²) in [6.07, 6.45) is -0.865. The highest BCUT2D eigenvalue weighted by molar-refractivity contribution is 5.90. The van der Waals surface area contributed by atoms with Gasteiger partial charge in [-0.3, -0.25) is 0 Å². The first kappa shape index (κ1) is 9.93. The van der Waals surface area contributed by atoms with Crippen LogP contribution >= 0.6 is 0 Å². The zero-order chi connectivity index (χ0) is 10.8. The minimum absolute atomic E-state index is 0.398. The minimum Gasteiger partial charge on any atom is -0.456 e. The molecule has 0 aromatic heterocycles. The molecule has 1 heterocycles. The highest BCUT2D eigenvalue weighted by Gasteiger charge is 2.33. The van der Waals surface area contributed by atoms with Gasteiger partial charge in [0.05, 0.1) is 0 Å². The van der Waals surface area contributed by atoms with E-state index in [1.807, 2.05) is 18.2 Å². The largest absolute Gasteiger partial charge is 0.456 e. The molecule has 2 atom stereocenters. The SMILES string of the molecule is C=C1C[C@@H]([C@@H](O)c2ccccc2)OC1=O. The van der Waals surface area contributed by atoms with Gasteiger partial charge in [-0.05, 0) is 5.56 Å². The number of esters is 1. The number of aliphatic hydroxyl groups excluding tert-OH is 1. The minimum atomic E-state index is -0.769. The number of carbonyl (C=O) groups is 1. The Hall–Kier alpha value is -1.61. The van der Waals surface area contributed by atoms with Crippen molar-refractivity contribution in [3.05, 3.63) is 48.0 Å². The van der Waals surface area contributed by atoms with E-state index in [1.54, 1.807) is 12.1 Å². The van der Waals surface area contributed by atoms with Crippen LogP contribution in [0, 0.1) is 0 Å². The Kier molecular flexibility index (Phi) is 2.56. The molecule has 1 N–H and O–H groups in total. The van der Waals surface area contributed by atoms with E-state index in [-0.39, 0.29) is 0 Å². The van der Waals surface area contributed by atoms with Gasteiger partial charge in [-0.2, -0.15) is 0 Å². The van der Waals surface area contributed by atoms with Crippen LogP contribution in [0.15, 0.2) is 42.5 Å². The maximum absolute atomic E-state index is 11.1. The predicted molar refractivity (Wildman–Crippen MR) is 55.0 cm³/mol. The molecule has 3 nitrogen and oxygen atoms in total. The summed E-state index contributed by atoms with van der Waals surface area (Å²) in [5.74, 6) is -0.407. The average Bonchev–Trinajstić information content (AvgIpc) is 2.59. The Morgan fingerprint density at radius 2 is 2.07 bits per heavy atom. The fourth-order valence-corrected chi connectivity index (χ4v) is 1.63. The molecule has 1 aliphatic heterocycles. The summed E-state index contributed by atoms with van der Waals surface area (Å²) in [7, 11) is 0. The summed E-state index contributed by atoms with van der Waals surface area (Å²) < 4.78 is 5.00. The van der Waals surface area contributed by atoms with Crippen LogP contribution in [-0.4, -0.2) is 17.2 Å². The summed E-state index contributed by atoms with van der Waals surface area (Å²) in [6, 6.07) is 9.16. The van der Waals surface area contributed by atoms with Crippen molar-refractivity contribution in [2.45, 2.75) is 18.6 Å². The monoisotopic (exact) mass is 204 g/mol. The van der Waals surface area contributed by atoms with Crippen LogP contribution in [0.4, 0.5) is 0 Å². The van der Waals surface area contributed by atoms with Crippen LogP contribution in [0.25, 0.3) is 0 Å². The molecule has 0 bridgehead atoms.